The average molecular weight is 305 g/mol. The zero-order chi connectivity index (χ0) is 15.4. The molecule has 0 radical (unpaired) electrons. The number of amides is 1. The van der Waals surface area contributed by atoms with E-state index in [1.807, 2.05) is 44.4 Å². The second-order valence-electron chi connectivity index (χ2n) is 4.73. The van der Waals surface area contributed by atoms with E-state index in [1.54, 1.807) is 18.7 Å². The molecule has 0 aliphatic heterocycles. The first-order valence-corrected chi connectivity index (χ1v) is 7.87. The number of aromatic amines is 1. The lowest BCUT2D eigenvalue weighted by molar-refractivity contribution is -0.122. The van der Waals surface area contributed by atoms with E-state index in [-0.39, 0.29) is 5.91 Å². The first kappa shape index (κ1) is 15.4. The number of thioether (sulfide) groups is 1. The Hall–Kier alpha value is -1.95. The van der Waals surface area contributed by atoms with Gasteiger partial charge in [-0.1, -0.05) is 0 Å². The molecule has 0 bridgehead atoms. The SMILES string of the molecule is CSc1ccc(O[C@@H](C)C(=O)Nc2c(C)n[nH]c2C)cc1. The summed E-state index contributed by atoms with van der Waals surface area (Å²) in [7, 11) is 0. The van der Waals surface area contributed by atoms with Gasteiger partial charge in [0.05, 0.1) is 17.1 Å². The maximum absolute atomic E-state index is 12.2. The third-order valence-corrected chi connectivity index (χ3v) is 3.86. The molecule has 112 valence electrons. The molecule has 6 heteroatoms. The van der Waals surface area contributed by atoms with Crippen LogP contribution in [0.1, 0.15) is 18.3 Å². The third kappa shape index (κ3) is 3.78. The van der Waals surface area contributed by atoms with Gasteiger partial charge >= 0.3 is 0 Å². The third-order valence-electron chi connectivity index (χ3n) is 3.12. The van der Waals surface area contributed by atoms with Crippen LogP contribution >= 0.6 is 11.8 Å². The number of hydrogen-bond acceptors (Lipinski definition) is 4. The van der Waals surface area contributed by atoms with Crippen molar-refractivity contribution < 1.29 is 9.53 Å². The summed E-state index contributed by atoms with van der Waals surface area (Å²) in [6.07, 6.45) is 1.43. The summed E-state index contributed by atoms with van der Waals surface area (Å²) in [5, 5.41) is 9.72. The van der Waals surface area contributed by atoms with E-state index >= 15 is 0 Å². The molecule has 0 saturated carbocycles. The van der Waals surface area contributed by atoms with Crippen molar-refractivity contribution in [2.24, 2.45) is 0 Å². The van der Waals surface area contributed by atoms with Crippen LogP contribution in [0, 0.1) is 13.8 Å². The van der Waals surface area contributed by atoms with Crippen LogP contribution in [0.15, 0.2) is 29.2 Å². The Morgan fingerprint density at radius 2 is 2.00 bits per heavy atom. The minimum atomic E-state index is -0.584. The Morgan fingerprint density at radius 1 is 1.33 bits per heavy atom. The summed E-state index contributed by atoms with van der Waals surface area (Å²) in [6.45, 7) is 5.43. The van der Waals surface area contributed by atoms with E-state index in [9.17, 15) is 4.79 Å². The van der Waals surface area contributed by atoms with Gasteiger partial charge in [-0.15, -0.1) is 11.8 Å². The quantitative estimate of drug-likeness (QED) is 0.833. The molecule has 0 unspecified atom stereocenters. The molecular weight excluding hydrogens is 286 g/mol. The first-order chi connectivity index (χ1) is 10.0. The standard InChI is InChI=1S/C15H19N3O2S/c1-9-14(10(2)18-17-9)16-15(19)11(3)20-12-5-7-13(21-4)8-6-12/h5-8,11H,1-4H3,(H,16,19)(H,17,18)/t11-/m0/s1. The van der Waals surface area contributed by atoms with Crippen molar-refractivity contribution in [2.75, 3.05) is 11.6 Å². The van der Waals surface area contributed by atoms with Crippen LogP contribution < -0.4 is 10.1 Å². The van der Waals surface area contributed by atoms with Gasteiger partial charge in [0, 0.05) is 4.90 Å². The van der Waals surface area contributed by atoms with Crippen LogP contribution in [0.2, 0.25) is 0 Å². The summed E-state index contributed by atoms with van der Waals surface area (Å²) in [6, 6.07) is 7.66. The van der Waals surface area contributed by atoms with Crippen LogP contribution in [0.3, 0.4) is 0 Å². The molecule has 21 heavy (non-hydrogen) atoms. The number of aromatic nitrogens is 2. The summed E-state index contributed by atoms with van der Waals surface area (Å²) >= 11 is 1.66. The molecule has 2 N–H and O–H groups in total. The van der Waals surface area contributed by atoms with Crippen LogP contribution in [0.5, 0.6) is 5.75 Å². The lowest BCUT2D eigenvalue weighted by Crippen LogP contribution is -2.30. The lowest BCUT2D eigenvalue weighted by atomic mass is 10.3. The fourth-order valence-electron chi connectivity index (χ4n) is 1.87. The van der Waals surface area contributed by atoms with Crippen molar-refractivity contribution in [3.05, 3.63) is 35.7 Å². The van der Waals surface area contributed by atoms with Gasteiger partial charge in [-0.05, 0) is 51.3 Å². The summed E-state index contributed by atoms with van der Waals surface area (Å²) < 4.78 is 5.65. The highest BCUT2D eigenvalue weighted by molar-refractivity contribution is 7.98. The fourth-order valence-corrected chi connectivity index (χ4v) is 2.28. The van der Waals surface area contributed by atoms with Crippen molar-refractivity contribution >= 4 is 23.4 Å². The topological polar surface area (TPSA) is 67.0 Å². The zero-order valence-electron chi connectivity index (χ0n) is 12.6. The zero-order valence-corrected chi connectivity index (χ0v) is 13.4. The number of rotatable bonds is 5. The van der Waals surface area contributed by atoms with Crippen molar-refractivity contribution in [3.8, 4) is 5.75 Å². The maximum atomic E-state index is 12.2. The number of carbonyl (C=O) groups is 1. The number of nitrogens with zero attached hydrogens (tertiary/aromatic N) is 1. The number of anilines is 1. The normalized spacial score (nSPS) is 12.0. The summed E-state index contributed by atoms with van der Waals surface area (Å²) in [4.78, 5) is 13.3. The van der Waals surface area contributed by atoms with Crippen molar-refractivity contribution in [3.63, 3.8) is 0 Å². The van der Waals surface area contributed by atoms with Crippen LogP contribution in [0.4, 0.5) is 5.69 Å². The molecule has 2 rings (SSSR count). The molecule has 1 heterocycles. The number of aryl methyl sites for hydroxylation is 2. The van der Waals surface area contributed by atoms with E-state index in [0.717, 1.165) is 16.3 Å². The van der Waals surface area contributed by atoms with Gasteiger partial charge in [-0.3, -0.25) is 9.89 Å². The highest BCUT2D eigenvalue weighted by Crippen LogP contribution is 2.21. The molecule has 0 fully saturated rings. The van der Waals surface area contributed by atoms with Crippen LogP contribution in [-0.2, 0) is 4.79 Å². The van der Waals surface area contributed by atoms with Gasteiger partial charge < -0.3 is 10.1 Å². The number of benzene rings is 1. The van der Waals surface area contributed by atoms with Gasteiger partial charge in [0.1, 0.15) is 5.75 Å². The summed E-state index contributed by atoms with van der Waals surface area (Å²) in [5.74, 6) is 0.479. The van der Waals surface area contributed by atoms with Crippen LogP contribution in [-0.4, -0.2) is 28.5 Å². The van der Waals surface area contributed by atoms with Crippen molar-refractivity contribution in [2.45, 2.75) is 31.8 Å². The molecule has 0 aliphatic rings. The average Bonchev–Trinajstić information content (AvgIpc) is 2.79. The van der Waals surface area contributed by atoms with E-state index in [1.165, 1.54) is 0 Å². The van der Waals surface area contributed by atoms with Gasteiger partial charge in [-0.25, -0.2) is 0 Å². The number of H-pyrrole nitrogens is 1. The molecule has 5 nitrogen and oxygen atoms in total. The second kappa shape index (κ2) is 6.67. The molecule has 1 atom stereocenters. The Balaban J connectivity index is 1.99. The van der Waals surface area contributed by atoms with E-state index in [4.69, 9.17) is 4.74 Å². The monoisotopic (exact) mass is 305 g/mol. The Kier molecular flexibility index (Phi) is 4.90. The second-order valence-corrected chi connectivity index (χ2v) is 5.61. The van der Waals surface area contributed by atoms with Gasteiger partial charge in [-0.2, -0.15) is 5.10 Å². The largest absolute Gasteiger partial charge is 0.481 e. The van der Waals surface area contributed by atoms with Crippen molar-refractivity contribution in [1.29, 1.82) is 0 Å². The summed E-state index contributed by atoms with van der Waals surface area (Å²) in [5.41, 5.74) is 2.31. The minimum Gasteiger partial charge on any atom is -0.481 e. The minimum absolute atomic E-state index is 0.198. The van der Waals surface area contributed by atoms with E-state index in [0.29, 0.717) is 11.4 Å². The molecule has 0 spiro atoms. The molecule has 2 aromatic rings. The number of carbonyl (C=O) groups excluding carboxylic acids is 1. The van der Waals surface area contributed by atoms with Gasteiger partial charge in [0.25, 0.3) is 5.91 Å². The Labute approximate surface area is 128 Å². The molecular formula is C15H19N3O2S. The Morgan fingerprint density at radius 3 is 2.52 bits per heavy atom. The van der Waals surface area contributed by atoms with Crippen molar-refractivity contribution in [1.82, 2.24) is 10.2 Å². The molecule has 0 saturated heterocycles. The van der Waals surface area contributed by atoms with Gasteiger partial charge in [0.15, 0.2) is 6.10 Å². The van der Waals surface area contributed by atoms with E-state index < -0.39 is 6.10 Å². The molecule has 1 aromatic heterocycles. The highest BCUT2D eigenvalue weighted by atomic mass is 32.2. The number of hydrogen-bond donors (Lipinski definition) is 2. The Bertz CT molecular complexity index is 603. The van der Waals surface area contributed by atoms with Crippen LogP contribution in [0.25, 0.3) is 0 Å². The lowest BCUT2D eigenvalue weighted by Gasteiger charge is -2.15. The smallest absolute Gasteiger partial charge is 0.265 e. The van der Waals surface area contributed by atoms with Gasteiger partial charge in [0.2, 0.25) is 0 Å². The number of ether oxygens (including phenoxy) is 1. The molecule has 1 amide bonds. The highest BCUT2D eigenvalue weighted by Gasteiger charge is 2.17. The first-order valence-electron chi connectivity index (χ1n) is 6.64. The molecule has 0 aliphatic carbocycles. The predicted octanol–water partition coefficient (Wildman–Crippen LogP) is 3.15. The maximum Gasteiger partial charge on any atom is 0.265 e. The fraction of sp³-hybridized carbons (Fsp3) is 0.333. The van der Waals surface area contributed by atoms with E-state index in [2.05, 4.69) is 15.5 Å². The predicted molar refractivity (Wildman–Crippen MR) is 85.0 cm³/mol. The number of nitrogens with one attached hydrogen (secondary N) is 2. The molecule has 1 aromatic carbocycles.